The van der Waals surface area contributed by atoms with Gasteiger partial charge in [-0.25, -0.2) is 8.78 Å². The highest BCUT2D eigenvalue weighted by molar-refractivity contribution is 5.98. The van der Waals surface area contributed by atoms with Crippen LogP contribution in [0.25, 0.3) is 0 Å². The normalized spacial score (nSPS) is 10.4. The van der Waals surface area contributed by atoms with Crippen LogP contribution >= 0.6 is 0 Å². The highest BCUT2D eigenvalue weighted by Crippen LogP contribution is 2.25. The molecule has 0 saturated carbocycles. The molecular weight excluding hydrogens is 180 g/mol. The Balaban J connectivity index is 3.26. The lowest BCUT2D eigenvalue weighted by molar-refractivity contribution is 0.100. The number of alkyl halides is 2. The second kappa shape index (κ2) is 3.34. The van der Waals surface area contributed by atoms with Crippen molar-refractivity contribution < 1.29 is 13.6 Å². The van der Waals surface area contributed by atoms with E-state index in [1.54, 1.807) is 0 Å². The van der Waals surface area contributed by atoms with E-state index in [4.69, 9.17) is 11.5 Å². The fourth-order valence-corrected chi connectivity index (χ4v) is 0.857. The van der Waals surface area contributed by atoms with Crippen LogP contribution in [0.4, 0.5) is 14.5 Å². The summed E-state index contributed by atoms with van der Waals surface area (Å²) in [6.07, 6.45) is -0.789. The van der Waals surface area contributed by atoms with Crippen LogP contribution in [0.1, 0.15) is 22.3 Å². The number of primary amides is 1. The Kier molecular flexibility index (Phi) is 2.41. The van der Waals surface area contributed by atoms with Crippen molar-refractivity contribution >= 4 is 11.6 Å². The molecule has 4 N–H and O–H groups in total. The number of nitrogens with two attached hydrogens (primary N) is 2. The average molecular weight is 187 g/mol. The summed E-state index contributed by atoms with van der Waals surface area (Å²) >= 11 is 0. The Bertz CT molecular complexity index is 341. The summed E-state index contributed by atoms with van der Waals surface area (Å²) in [5.74, 6) is -0.868. The molecule has 0 aliphatic carbocycles. The zero-order valence-corrected chi connectivity index (χ0v) is 6.50. The highest BCUT2D eigenvalue weighted by Gasteiger charge is 2.16. The molecule has 70 valence electrons. The number of pyridine rings is 1. The van der Waals surface area contributed by atoms with Crippen LogP contribution in [0.2, 0.25) is 0 Å². The first-order valence-corrected chi connectivity index (χ1v) is 3.35. The quantitative estimate of drug-likeness (QED) is 0.714. The molecule has 0 saturated heterocycles. The minimum atomic E-state index is -2.76. The molecule has 1 aromatic rings. The predicted molar refractivity (Wildman–Crippen MR) is 42.1 cm³/mol. The maximum absolute atomic E-state index is 12.2. The van der Waals surface area contributed by atoms with Crippen molar-refractivity contribution in [3.8, 4) is 0 Å². The number of nitrogen functional groups attached to an aromatic ring is 1. The van der Waals surface area contributed by atoms with E-state index in [2.05, 4.69) is 4.98 Å². The van der Waals surface area contributed by atoms with Crippen molar-refractivity contribution in [1.29, 1.82) is 0 Å². The van der Waals surface area contributed by atoms with Gasteiger partial charge in [-0.3, -0.25) is 9.78 Å². The van der Waals surface area contributed by atoms with E-state index in [9.17, 15) is 13.6 Å². The lowest BCUT2D eigenvalue weighted by atomic mass is 10.1. The van der Waals surface area contributed by atoms with Gasteiger partial charge in [0.15, 0.2) is 0 Å². The summed E-state index contributed by atoms with van der Waals surface area (Å²) in [7, 11) is 0. The molecule has 0 aliphatic heterocycles. The van der Waals surface area contributed by atoms with E-state index in [-0.39, 0.29) is 11.3 Å². The Morgan fingerprint density at radius 1 is 1.46 bits per heavy atom. The molecule has 0 atom stereocenters. The molecule has 13 heavy (non-hydrogen) atoms. The first-order chi connectivity index (χ1) is 6.04. The number of aromatic nitrogens is 1. The number of halogens is 2. The van der Waals surface area contributed by atoms with E-state index < -0.39 is 17.9 Å². The summed E-state index contributed by atoms with van der Waals surface area (Å²) in [4.78, 5) is 14.1. The molecule has 1 rings (SSSR count). The van der Waals surface area contributed by atoms with Gasteiger partial charge in [0.25, 0.3) is 12.3 Å². The lowest BCUT2D eigenvalue weighted by Crippen LogP contribution is -2.15. The van der Waals surface area contributed by atoms with Crippen LogP contribution in [0.15, 0.2) is 12.4 Å². The molecule has 0 radical (unpaired) electrons. The maximum atomic E-state index is 12.2. The van der Waals surface area contributed by atoms with Gasteiger partial charge >= 0.3 is 0 Å². The van der Waals surface area contributed by atoms with E-state index in [1.807, 2.05) is 0 Å². The van der Waals surface area contributed by atoms with Gasteiger partial charge in [0.1, 0.15) is 0 Å². The van der Waals surface area contributed by atoms with Crippen LogP contribution in [0.3, 0.4) is 0 Å². The van der Waals surface area contributed by atoms with Gasteiger partial charge in [-0.2, -0.15) is 0 Å². The Hall–Kier alpha value is -1.72. The minimum Gasteiger partial charge on any atom is -0.398 e. The number of amides is 1. The van der Waals surface area contributed by atoms with Crippen LogP contribution in [0, 0.1) is 0 Å². The Labute approximate surface area is 72.6 Å². The molecule has 0 aromatic carbocycles. The topological polar surface area (TPSA) is 82.0 Å². The van der Waals surface area contributed by atoms with Gasteiger partial charge in [-0.1, -0.05) is 0 Å². The molecular formula is C7H7F2N3O. The number of carbonyl (C=O) groups is 1. The number of nitrogens with zero attached hydrogens (tertiary/aromatic N) is 1. The third-order valence-corrected chi connectivity index (χ3v) is 1.52. The first kappa shape index (κ1) is 9.37. The van der Waals surface area contributed by atoms with E-state index >= 15 is 0 Å². The molecule has 1 amide bonds. The number of rotatable bonds is 2. The summed E-state index contributed by atoms with van der Waals surface area (Å²) in [5, 5.41) is 0. The molecule has 1 heterocycles. The minimum absolute atomic E-state index is 0.183. The van der Waals surface area contributed by atoms with Gasteiger partial charge in [-0.15, -0.1) is 0 Å². The summed E-state index contributed by atoms with van der Waals surface area (Å²) in [6, 6.07) is 0. The van der Waals surface area contributed by atoms with Gasteiger partial charge in [0.2, 0.25) is 0 Å². The van der Waals surface area contributed by atoms with E-state index in [0.717, 1.165) is 12.4 Å². The maximum Gasteiger partial charge on any atom is 0.267 e. The predicted octanol–water partition coefficient (Wildman–Crippen LogP) is 0.700. The standard InChI is InChI=1S/C7H7F2N3O/c8-6(9)3-1-12-2-4(5(3)10)7(11)13/h1-2,6H,(H2,10,12)(H2,11,13). The second-order valence-corrected chi connectivity index (χ2v) is 2.35. The number of carbonyl (C=O) groups excluding carboxylic acids is 1. The number of hydrogen-bond donors (Lipinski definition) is 2. The zero-order chi connectivity index (χ0) is 10.0. The fourth-order valence-electron chi connectivity index (χ4n) is 0.857. The monoisotopic (exact) mass is 187 g/mol. The highest BCUT2D eigenvalue weighted by atomic mass is 19.3. The summed E-state index contributed by atoms with van der Waals surface area (Å²) < 4.78 is 24.4. The lowest BCUT2D eigenvalue weighted by Gasteiger charge is -2.06. The molecule has 4 nitrogen and oxygen atoms in total. The van der Waals surface area contributed by atoms with E-state index in [1.165, 1.54) is 0 Å². The van der Waals surface area contributed by atoms with E-state index in [0.29, 0.717) is 0 Å². The van der Waals surface area contributed by atoms with Gasteiger partial charge in [0, 0.05) is 12.4 Å². The molecule has 0 bridgehead atoms. The summed E-state index contributed by atoms with van der Waals surface area (Å²) in [6.45, 7) is 0. The number of hydrogen-bond acceptors (Lipinski definition) is 3. The Morgan fingerprint density at radius 2 is 2.08 bits per heavy atom. The van der Waals surface area contributed by atoms with Gasteiger partial charge in [0.05, 0.1) is 16.8 Å². The van der Waals surface area contributed by atoms with Crippen LogP contribution < -0.4 is 11.5 Å². The smallest absolute Gasteiger partial charge is 0.267 e. The van der Waals surface area contributed by atoms with Crippen LogP contribution in [-0.2, 0) is 0 Å². The van der Waals surface area contributed by atoms with Crippen LogP contribution in [0.5, 0.6) is 0 Å². The SMILES string of the molecule is NC(=O)c1cncc(C(F)F)c1N. The molecule has 0 fully saturated rings. The Morgan fingerprint density at radius 3 is 2.54 bits per heavy atom. The van der Waals surface area contributed by atoms with Gasteiger partial charge < -0.3 is 11.5 Å². The first-order valence-electron chi connectivity index (χ1n) is 3.35. The number of anilines is 1. The molecule has 0 spiro atoms. The fraction of sp³-hybridized carbons (Fsp3) is 0.143. The van der Waals surface area contributed by atoms with Crippen molar-refractivity contribution in [2.75, 3.05) is 5.73 Å². The molecule has 1 aromatic heterocycles. The van der Waals surface area contributed by atoms with Crippen molar-refractivity contribution in [1.82, 2.24) is 4.98 Å². The average Bonchev–Trinajstić information content (AvgIpc) is 2.03. The largest absolute Gasteiger partial charge is 0.398 e. The van der Waals surface area contributed by atoms with Crippen molar-refractivity contribution in [2.45, 2.75) is 6.43 Å². The summed E-state index contributed by atoms with van der Waals surface area (Å²) in [5.41, 5.74) is 9.18. The van der Waals surface area contributed by atoms with Crippen molar-refractivity contribution in [3.63, 3.8) is 0 Å². The molecule has 0 unspecified atom stereocenters. The molecule has 0 aliphatic rings. The third-order valence-electron chi connectivity index (χ3n) is 1.52. The molecule has 6 heteroatoms. The van der Waals surface area contributed by atoms with Crippen LogP contribution in [-0.4, -0.2) is 10.9 Å². The third kappa shape index (κ3) is 1.71. The van der Waals surface area contributed by atoms with Crippen molar-refractivity contribution in [2.24, 2.45) is 5.73 Å². The zero-order valence-electron chi connectivity index (χ0n) is 6.50. The second-order valence-electron chi connectivity index (χ2n) is 2.35. The van der Waals surface area contributed by atoms with Gasteiger partial charge in [-0.05, 0) is 0 Å². The van der Waals surface area contributed by atoms with Crippen molar-refractivity contribution in [3.05, 3.63) is 23.5 Å².